The number of hydrogen-bond donors (Lipinski definition) is 3. The van der Waals surface area contributed by atoms with Gasteiger partial charge in [0.2, 0.25) is 0 Å². The minimum atomic E-state index is -4.96. The number of phosphoric ester groups is 2. The highest BCUT2D eigenvalue weighted by Gasteiger charge is 2.30. The van der Waals surface area contributed by atoms with Gasteiger partial charge >= 0.3 is 39.5 Å². The van der Waals surface area contributed by atoms with E-state index in [1.165, 1.54) is 250 Å². The monoisotopic (exact) mass is 1490 g/mol. The van der Waals surface area contributed by atoms with Crippen LogP contribution in [0.4, 0.5) is 0 Å². The molecule has 606 valence electrons. The molecule has 0 aromatic carbocycles. The van der Waals surface area contributed by atoms with Crippen molar-refractivity contribution < 1.29 is 80.2 Å². The van der Waals surface area contributed by atoms with E-state index in [-0.39, 0.29) is 25.7 Å². The largest absolute Gasteiger partial charge is 0.472 e. The van der Waals surface area contributed by atoms with Crippen molar-refractivity contribution in [3.8, 4) is 0 Å². The van der Waals surface area contributed by atoms with Gasteiger partial charge in [0.1, 0.15) is 19.3 Å². The Hall–Kier alpha value is -1.94. The molecule has 2 unspecified atom stereocenters. The topological polar surface area (TPSA) is 237 Å². The third kappa shape index (κ3) is 76.3. The van der Waals surface area contributed by atoms with Crippen molar-refractivity contribution in [2.45, 2.75) is 458 Å². The van der Waals surface area contributed by atoms with Gasteiger partial charge in [0, 0.05) is 25.7 Å². The fourth-order valence-electron chi connectivity index (χ4n) is 12.9. The van der Waals surface area contributed by atoms with Crippen LogP contribution in [0.15, 0.2) is 0 Å². The number of aliphatic hydroxyl groups excluding tert-OH is 1. The Morgan fingerprint density at radius 3 is 0.667 bits per heavy atom. The van der Waals surface area contributed by atoms with Gasteiger partial charge in [-0.1, -0.05) is 388 Å². The Labute approximate surface area is 626 Å². The molecular formula is C83H162O17P2. The molecule has 0 amide bonds. The normalized spacial score (nSPS) is 13.9. The summed E-state index contributed by atoms with van der Waals surface area (Å²) in [6, 6.07) is 0. The second-order valence-corrected chi connectivity index (χ2v) is 33.7. The summed E-state index contributed by atoms with van der Waals surface area (Å²) in [6.45, 7) is 9.69. The van der Waals surface area contributed by atoms with E-state index >= 15 is 0 Å². The van der Waals surface area contributed by atoms with Crippen LogP contribution in [0.5, 0.6) is 0 Å². The first kappa shape index (κ1) is 100. The van der Waals surface area contributed by atoms with Gasteiger partial charge in [0.05, 0.1) is 26.4 Å². The second kappa shape index (κ2) is 74.5. The maximum Gasteiger partial charge on any atom is 0.472 e. The van der Waals surface area contributed by atoms with Crippen molar-refractivity contribution >= 4 is 39.5 Å². The Kier molecular flexibility index (Phi) is 73.1. The Bertz CT molecular complexity index is 1960. The molecule has 0 bridgehead atoms. The summed E-state index contributed by atoms with van der Waals surface area (Å²) in [4.78, 5) is 73.0. The van der Waals surface area contributed by atoms with Crippen LogP contribution in [0.3, 0.4) is 0 Å². The van der Waals surface area contributed by atoms with Crippen molar-refractivity contribution in [3.05, 3.63) is 0 Å². The van der Waals surface area contributed by atoms with Gasteiger partial charge in [-0.05, 0) is 37.5 Å². The lowest BCUT2D eigenvalue weighted by Gasteiger charge is -2.21. The summed E-state index contributed by atoms with van der Waals surface area (Å²) in [5.74, 6) is -0.485. The summed E-state index contributed by atoms with van der Waals surface area (Å²) in [6.07, 6.45) is 65.3. The first-order chi connectivity index (χ1) is 49.4. The standard InChI is InChI=1S/C83H162O17P2/c1-7-9-11-13-15-17-18-19-20-27-33-38-43-49-55-61-67-82(87)99-78(71-93-80(85)65-59-53-47-16-14-12-10-8-2)73-97-101(89,90)95-69-77(84)70-96-102(91,92)98-74-79(100-83(88)68-62-56-50-44-39-34-29-24-22-26-31-36-41-46-52-58-64-76(5)6)72-94-81(86)66-60-54-48-42-37-32-28-23-21-25-30-35-40-45-51-57-63-75(3)4/h75-79,84H,7-74H2,1-6H3,(H,89,90)(H,91,92)/t77-,78+,79+/m0/s1. The zero-order chi connectivity index (χ0) is 74.9. The quantitative estimate of drug-likeness (QED) is 0.0222. The molecule has 19 heteroatoms. The number of phosphoric acid groups is 2. The molecule has 0 heterocycles. The third-order valence-corrected chi connectivity index (χ3v) is 21.4. The van der Waals surface area contributed by atoms with Crippen molar-refractivity contribution in [2.24, 2.45) is 11.8 Å². The molecule has 0 aliphatic carbocycles. The molecule has 5 atom stereocenters. The SMILES string of the molecule is CCCCCCCCCCCCCCCCCCC(=O)O[C@H](COC(=O)CCCCCCCCCC)COP(=O)(O)OC[C@H](O)COP(=O)(O)OC[C@@H](COC(=O)CCCCCCCCCCCCCCCCCCC(C)C)OC(=O)CCCCCCCCCCCCCCCCCCC(C)C. The molecule has 102 heavy (non-hydrogen) atoms. The van der Waals surface area contributed by atoms with E-state index < -0.39 is 97.5 Å². The van der Waals surface area contributed by atoms with Gasteiger partial charge in [-0.3, -0.25) is 37.3 Å². The molecule has 0 saturated carbocycles. The van der Waals surface area contributed by atoms with Crippen LogP contribution in [0, 0.1) is 11.8 Å². The number of esters is 4. The lowest BCUT2D eigenvalue weighted by molar-refractivity contribution is -0.161. The smallest absolute Gasteiger partial charge is 0.462 e. The number of aliphatic hydroxyl groups is 1. The first-order valence-corrected chi connectivity index (χ1v) is 46.0. The maximum absolute atomic E-state index is 13.1. The predicted octanol–water partition coefficient (Wildman–Crippen LogP) is 25.1. The van der Waals surface area contributed by atoms with E-state index in [9.17, 15) is 43.2 Å². The van der Waals surface area contributed by atoms with E-state index in [0.29, 0.717) is 25.7 Å². The summed E-state index contributed by atoms with van der Waals surface area (Å²) < 4.78 is 68.7. The van der Waals surface area contributed by atoms with Gasteiger partial charge in [-0.15, -0.1) is 0 Å². The lowest BCUT2D eigenvalue weighted by Crippen LogP contribution is -2.30. The molecule has 3 N–H and O–H groups in total. The molecular weight excluding hydrogens is 1330 g/mol. The molecule has 17 nitrogen and oxygen atoms in total. The third-order valence-electron chi connectivity index (χ3n) is 19.5. The van der Waals surface area contributed by atoms with Crippen LogP contribution >= 0.6 is 15.6 Å². The number of carbonyl (C=O) groups excluding carboxylic acids is 4. The van der Waals surface area contributed by atoms with Crippen molar-refractivity contribution in [1.29, 1.82) is 0 Å². The van der Waals surface area contributed by atoms with Crippen LogP contribution in [0.1, 0.15) is 440 Å². The molecule has 0 rings (SSSR count). The summed E-state index contributed by atoms with van der Waals surface area (Å²) in [5, 5.41) is 10.6. The molecule has 0 spiro atoms. The zero-order valence-electron chi connectivity index (χ0n) is 66.9. The van der Waals surface area contributed by atoms with Gasteiger partial charge in [0.25, 0.3) is 0 Å². The number of ether oxygens (including phenoxy) is 4. The van der Waals surface area contributed by atoms with E-state index in [4.69, 9.17) is 37.0 Å². The van der Waals surface area contributed by atoms with Gasteiger partial charge < -0.3 is 33.8 Å². The van der Waals surface area contributed by atoms with E-state index in [1.807, 2.05) is 0 Å². The lowest BCUT2D eigenvalue weighted by atomic mass is 10.0. The zero-order valence-corrected chi connectivity index (χ0v) is 68.7. The maximum atomic E-state index is 13.1. The highest BCUT2D eigenvalue weighted by molar-refractivity contribution is 7.47. The molecule has 0 aromatic rings. The fourth-order valence-corrected chi connectivity index (χ4v) is 14.5. The van der Waals surface area contributed by atoms with Gasteiger partial charge in [-0.25, -0.2) is 9.13 Å². The van der Waals surface area contributed by atoms with E-state index in [2.05, 4.69) is 41.5 Å². The van der Waals surface area contributed by atoms with Crippen LogP contribution in [-0.4, -0.2) is 96.7 Å². The van der Waals surface area contributed by atoms with E-state index in [1.54, 1.807) is 0 Å². The Morgan fingerprint density at radius 2 is 0.451 bits per heavy atom. The van der Waals surface area contributed by atoms with Crippen LogP contribution in [0.25, 0.3) is 0 Å². The molecule has 0 saturated heterocycles. The molecule has 0 aliphatic heterocycles. The molecule has 0 radical (unpaired) electrons. The predicted molar refractivity (Wildman–Crippen MR) is 418 cm³/mol. The number of unbranched alkanes of at least 4 members (excludes halogenated alkanes) is 52. The van der Waals surface area contributed by atoms with Crippen LogP contribution in [0.2, 0.25) is 0 Å². The van der Waals surface area contributed by atoms with Gasteiger partial charge in [-0.2, -0.15) is 0 Å². The average Bonchev–Trinajstić information content (AvgIpc) is 0.944. The van der Waals surface area contributed by atoms with Crippen molar-refractivity contribution in [1.82, 2.24) is 0 Å². The summed E-state index contributed by atoms with van der Waals surface area (Å²) >= 11 is 0. The average molecular weight is 1490 g/mol. The van der Waals surface area contributed by atoms with Crippen LogP contribution < -0.4 is 0 Å². The molecule has 0 fully saturated rings. The summed E-state index contributed by atoms with van der Waals surface area (Å²) in [5.41, 5.74) is 0. The second-order valence-electron chi connectivity index (χ2n) is 30.8. The van der Waals surface area contributed by atoms with Crippen LogP contribution in [-0.2, 0) is 65.4 Å². The minimum Gasteiger partial charge on any atom is -0.462 e. The fraction of sp³-hybridized carbons (Fsp3) is 0.952. The van der Waals surface area contributed by atoms with E-state index in [0.717, 1.165) is 108 Å². The van der Waals surface area contributed by atoms with Crippen molar-refractivity contribution in [3.63, 3.8) is 0 Å². The number of carbonyl (C=O) groups is 4. The highest BCUT2D eigenvalue weighted by atomic mass is 31.2. The molecule has 0 aliphatic rings. The van der Waals surface area contributed by atoms with Gasteiger partial charge in [0.15, 0.2) is 12.2 Å². The number of hydrogen-bond acceptors (Lipinski definition) is 15. The summed E-state index contributed by atoms with van der Waals surface area (Å²) in [7, 11) is -9.92. The Morgan fingerprint density at radius 1 is 0.265 bits per heavy atom. The first-order valence-electron chi connectivity index (χ1n) is 43.0. The number of rotatable bonds is 82. The van der Waals surface area contributed by atoms with Crippen molar-refractivity contribution in [2.75, 3.05) is 39.6 Å². The highest BCUT2D eigenvalue weighted by Crippen LogP contribution is 2.45. The minimum absolute atomic E-state index is 0.108. The Balaban J connectivity index is 5.20. The molecule has 0 aromatic heterocycles.